The summed E-state index contributed by atoms with van der Waals surface area (Å²) in [4.78, 5) is 38.8. The number of carbonyl (C=O) groups is 3. The van der Waals surface area contributed by atoms with E-state index in [1.54, 1.807) is 37.5 Å². The van der Waals surface area contributed by atoms with E-state index in [2.05, 4.69) is 27.9 Å². The molecule has 0 atom stereocenters. The summed E-state index contributed by atoms with van der Waals surface area (Å²) in [5.74, 6) is 0.157. The maximum Gasteiger partial charge on any atom is 0.294 e. The van der Waals surface area contributed by atoms with Crippen LogP contribution in [-0.4, -0.2) is 42.2 Å². The maximum absolute atomic E-state index is 12.8. The lowest BCUT2D eigenvalue weighted by Gasteiger charge is -2.13. The van der Waals surface area contributed by atoms with Crippen LogP contribution in [0.5, 0.6) is 11.5 Å². The average molecular weight is 601 g/mol. The number of hydrogen-bond donors (Lipinski definition) is 1. The maximum atomic E-state index is 12.8. The summed E-state index contributed by atoms with van der Waals surface area (Å²) in [7, 11) is 1.54. The molecule has 0 bridgehead atoms. The number of amides is 3. The zero-order valence-corrected chi connectivity index (χ0v) is 22.0. The summed E-state index contributed by atoms with van der Waals surface area (Å²) in [6.07, 6.45) is 2.47. The standard InChI is InChI=1S/C23H22ClIN2O5S/c1-4-7-32-21-17(25)8-14(9-18(21)31-3)10-19-22(29)27(23(30)33-19)12-20(28)26-15-6-5-13(2)16(24)11-15/h5-6,8-11H,4,7,12H2,1-3H3,(H,26,28)/b19-10-. The number of imide groups is 1. The van der Waals surface area contributed by atoms with E-state index in [0.29, 0.717) is 34.4 Å². The number of methoxy groups -OCH3 is 1. The number of aryl methyl sites for hydroxylation is 1. The molecule has 3 amide bonds. The number of thioether (sulfide) groups is 1. The molecular weight excluding hydrogens is 579 g/mol. The van der Waals surface area contributed by atoms with Gasteiger partial charge in [-0.1, -0.05) is 24.6 Å². The Balaban J connectivity index is 1.74. The summed E-state index contributed by atoms with van der Waals surface area (Å²) in [5.41, 5.74) is 2.05. The van der Waals surface area contributed by atoms with Gasteiger partial charge in [0.1, 0.15) is 6.54 Å². The van der Waals surface area contributed by atoms with Gasteiger partial charge in [0.2, 0.25) is 5.91 Å². The number of carbonyl (C=O) groups excluding carboxylic acids is 3. The number of hydrogen-bond acceptors (Lipinski definition) is 6. The second kappa shape index (κ2) is 11.3. The molecule has 7 nitrogen and oxygen atoms in total. The normalized spacial score (nSPS) is 14.7. The monoisotopic (exact) mass is 600 g/mol. The number of ether oxygens (including phenoxy) is 2. The molecule has 0 radical (unpaired) electrons. The highest BCUT2D eigenvalue weighted by atomic mass is 127. The summed E-state index contributed by atoms with van der Waals surface area (Å²) in [6.45, 7) is 4.03. The summed E-state index contributed by atoms with van der Waals surface area (Å²) in [6, 6.07) is 8.68. The average Bonchev–Trinajstić information content (AvgIpc) is 3.02. The Labute approximate surface area is 215 Å². The molecule has 0 aromatic heterocycles. The van der Waals surface area contributed by atoms with Gasteiger partial charge in [-0.2, -0.15) is 0 Å². The number of halogens is 2. The van der Waals surface area contributed by atoms with Crippen molar-refractivity contribution in [1.82, 2.24) is 4.90 Å². The van der Waals surface area contributed by atoms with Crippen LogP contribution in [0, 0.1) is 10.5 Å². The summed E-state index contributed by atoms with van der Waals surface area (Å²) in [5, 5.41) is 2.66. The molecule has 2 aromatic rings. The van der Waals surface area contributed by atoms with Gasteiger partial charge >= 0.3 is 0 Å². The van der Waals surface area contributed by atoms with Gasteiger partial charge in [0.25, 0.3) is 11.1 Å². The first-order chi connectivity index (χ1) is 15.7. The van der Waals surface area contributed by atoms with Crippen LogP contribution in [0.15, 0.2) is 35.2 Å². The molecule has 1 aliphatic rings. The number of anilines is 1. The minimum Gasteiger partial charge on any atom is -0.493 e. The third kappa shape index (κ3) is 6.21. The quantitative estimate of drug-likeness (QED) is 0.308. The van der Waals surface area contributed by atoms with Crippen LogP contribution >= 0.6 is 46.0 Å². The lowest BCUT2D eigenvalue weighted by atomic mass is 10.2. The lowest BCUT2D eigenvalue weighted by molar-refractivity contribution is -0.127. The van der Waals surface area contributed by atoms with Gasteiger partial charge in [-0.25, -0.2) is 0 Å². The van der Waals surface area contributed by atoms with Gasteiger partial charge in [0.15, 0.2) is 11.5 Å². The van der Waals surface area contributed by atoms with Crippen molar-refractivity contribution in [3.63, 3.8) is 0 Å². The van der Waals surface area contributed by atoms with E-state index in [1.165, 1.54) is 0 Å². The molecule has 10 heteroatoms. The second-order valence-corrected chi connectivity index (χ2v) is 9.73. The molecule has 0 unspecified atom stereocenters. The van der Waals surface area contributed by atoms with Crippen molar-refractivity contribution in [3.05, 3.63) is 55.0 Å². The Kier molecular flexibility index (Phi) is 8.66. The van der Waals surface area contributed by atoms with E-state index >= 15 is 0 Å². The van der Waals surface area contributed by atoms with Crippen LogP contribution < -0.4 is 14.8 Å². The van der Waals surface area contributed by atoms with Crippen LogP contribution in [0.25, 0.3) is 6.08 Å². The molecule has 174 valence electrons. The third-order valence-corrected chi connectivity index (χ3v) is 6.75. The van der Waals surface area contributed by atoms with Crippen molar-refractivity contribution in [2.75, 3.05) is 25.6 Å². The van der Waals surface area contributed by atoms with Crippen molar-refractivity contribution in [1.29, 1.82) is 0 Å². The second-order valence-electron chi connectivity index (χ2n) is 7.16. The van der Waals surface area contributed by atoms with Gasteiger partial charge < -0.3 is 14.8 Å². The van der Waals surface area contributed by atoms with Crippen LogP contribution in [0.1, 0.15) is 24.5 Å². The molecule has 0 spiro atoms. The lowest BCUT2D eigenvalue weighted by Crippen LogP contribution is -2.36. The first-order valence-electron chi connectivity index (χ1n) is 10.0. The minimum atomic E-state index is -0.526. The molecule has 1 N–H and O–H groups in total. The summed E-state index contributed by atoms with van der Waals surface area (Å²) >= 11 is 9.01. The summed E-state index contributed by atoms with van der Waals surface area (Å²) < 4.78 is 12.0. The van der Waals surface area contributed by atoms with Gasteiger partial charge in [0.05, 0.1) is 22.2 Å². The largest absolute Gasteiger partial charge is 0.493 e. The Hall–Kier alpha value is -2.24. The van der Waals surface area contributed by atoms with Crippen molar-refractivity contribution >= 4 is 74.8 Å². The topological polar surface area (TPSA) is 84.9 Å². The smallest absolute Gasteiger partial charge is 0.294 e. The van der Waals surface area contributed by atoms with Gasteiger partial charge in [-0.15, -0.1) is 0 Å². The van der Waals surface area contributed by atoms with Crippen LogP contribution in [0.3, 0.4) is 0 Å². The molecule has 33 heavy (non-hydrogen) atoms. The molecule has 2 aromatic carbocycles. The number of nitrogens with one attached hydrogen (secondary N) is 1. The van der Waals surface area contributed by atoms with Crippen LogP contribution in [0.4, 0.5) is 10.5 Å². The molecule has 1 heterocycles. The van der Waals surface area contributed by atoms with Crippen molar-refractivity contribution in [3.8, 4) is 11.5 Å². The Bertz CT molecular complexity index is 1140. The Morgan fingerprint density at radius 2 is 2.03 bits per heavy atom. The van der Waals surface area contributed by atoms with E-state index < -0.39 is 23.6 Å². The predicted octanol–water partition coefficient (Wildman–Crippen LogP) is 5.73. The van der Waals surface area contributed by atoms with Gasteiger partial charge in [-0.05, 0) is 89.2 Å². The van der Waals surface area contributed by atoms with Crippen molar-refractivity contribution in [2.24, 2.45) is 0 Å². The zero-order valence-electron chi connectivity index (χ0n) is 18.2. The van der Waals surface area contributed by atoms with E-state index in [1.807, 2.05) is 19.9 Å². The Morgan fingerprint density at radius 1 is 1.27 bits per heavy atom. The third-order valence-electron chi connectivity index (χ3n) is 4.63. The fraction of sp³-hybridized carbons (Fsp3) is 0.261. The first-order valence-corrected chi connectivity index (χ1v) is 12.3. The molecule has 0 aliphatic carbocycles. The highest BCUT2D eigenvalue weighted by molar-refractivity contribution is 14.1. The fourth-order valence-corrected chi connectivity index (χ4v) is 4.77. The van der Waals surface area contributed by atoms with E-state index in [9.17, 15) is 14.4 Å². The van der Waals surface area contributed by atoms with Gasteiger partial charge in [-0.3, -0.25) is 19.3 Å². The van der Waals surface area contributed by atoms with Crippen LogP contribution in [-0.2, 0) is 9.59 Å². The molecule has 1 aliphatic heterocycles. The fourth-order valence-electron chi connectivity index (χ4n) is 2.97. The van der Waals surface area contributed by atoms with Crippen LogP contribution in [0.2, 0.25) is 5.02 Å². The molecular formula is C23H22ClIN2O5S. The van der Waals surface area contributed by atoms with Crippen molar-refractivity contribution < 1.29 is 23.9 Å². The molecule has 0 saturated carbocycles. The number of benzene rings is 2. The number of nitrogens with zero attached hydrogens (tertiary/aromatic N) is 1. The van der Waals surface area contributed by atoms with E-state index in [0.717, 1.165) is 32.2 Å². The predicted molar refractivity (Wildman–Crippen MR) is 139 cm³/mol. The SMILES string of the molecule is CCCOc1c(I)cc(/C=C2\SC(=O)N(CC(=O)Nc3ccc(C)c(Cl)c3)C2=O)cc1OC. The van der Waals surface area contributed by atoms with Crippen molar-refractivity contribution in [2.45, 2.75) is 20.3 Å². The molecule has 1 fully saturated rings. The highest BCUT2D eigenvalue weighted by Gasteiger charge is 2.36. The number of rotatable bonds is 8. The molecule has 1 saturated heterocycles. The molecule has 3 rings (SSSR count). The first kappa shape index (κ1) is 25.4. The van der Waals surface area contributed by atoms with Gasteiger partial charge in [0, 0.05) is 10.7 Å². The minimum absolute atomic E-state index is 0.228. The zero-order chi connectivity index (χ0) is 24.1. The van der Waals surface area contributed by atoms with E-state index in [4.69, 9.17) is 21.1 Å². The Morgan fingerprint density at radius 3 is 2.70 bits per heavy atom. The van der Waals surface area contributed by atoms with E-state index in [-0.39, 0.29) is 4.91 Å². The highest BCUT2D eigenvalue weighted by Crippen LogP contribution is 2.37.